The van der Waals surface area contributed by atoms with Crippen LogP contribution >= 0.6 is 11.6 Å². The molecule has 76 valence electrons. The van der Waals surface area contributed by atoms with Crippen LogP contribution in [0.3, 0.4) is 0 Å². The smallest absolute Gasteiger partial charge is 0.167 e. The van der Waals surface area contributed by atoms with Gasteiger partial charge >= 0.3 is 0 Å². The Kier molecular flexibility index (Phi) is 4.15. The fourth-order valence-electron chi connectivity index (χ4n) is 1.54. The van der Waals surface area contributed by atoms with Gasteiger partial charge in [0.1, 0.15) is 0 Å². The molecule has 0 aliphatic rings. The number of halogens is 1. The van der Waals surface area contributed by atoms with Crippen molar-refractivity contribution in [3.8, 4) is 0 Å². The van der Waals surface area contributed by atoms with Gasteiger partial charge in [0.15, 0.2) is 5.78 Å². The Balaban J connectivity index is 2.94. The molecule has 0 unspecified atom stereocenters. The number of benzene rings is 1. The zero-order chi connectivity index (χ0) is 10.6. The summed E-state index contributed by atoms with van der Waals surface area (Å²) in [6.07, 6.45) is 1.75. The van der Waals surface area contributed by atoms with Gasteiger partial charge < -0.3 is 0 Å². The first-order valence-corrected chi connectivity index (χ1v) is 5.37. The molecule has 0 aliphatic heterocycles. The summed E-state index contributed by atoms with van der Waals surface area (Å²) in [4.78, 5) is 11.9. The maximum absolute atomic E-state index is 11.9. The van der Waals surface area contributed by atoms with Crippen LogP contribution in [0, 0.1) is 5.92 Å². The number of carbonyl (C=O) groups is 1. The molecule has 0 heterocycles. The van der Waals surface area contributed by atoms with E-state index in [0.717, 1.165) is 12.8 Å². The summed E-state index contributed by atoms with van der Waals surface area (Å²) in [5.74, 6) is 0.274. The summed E-state index contributed by atoms with van der Waals surface area (Å²) in [7, 11) is 0. The minimum absolute atomic E-state index is 0.106. The van der Waals surface area contributed by atoms with E-state index in [1.807, 2.05) is 26.0 Å². The van der Waals surface area contributed by atoms with Crippen LogP contribution in [0.15, 0.2) is 24.3 Å². The van der Waals surface area contributed by atoms with Crippen LogP contribution in [0.1, 0.15) is 37.0 Å². The van der Waals surface area contributed by atoms with Crippen molar-refractivity contribution in [2.24, 2.45) is 5.92 Å². The highest BCUT2D eigenvalue weighted by molar-refractivity contribution is 6.34. The quantitative estimate of drug-likeness (QED) is 0.688. The van der Waals surface area contributed by atoms with Gasteiger partial charge in [-0.05, 0) is 25.0 Å². The van der Waals surface area contributed by atoms with Crippen LogP contribution in [-0.2, 0) is 0 Å². The molecule has 0 saturated heterocycles. The molecule has 0 radical (unpaired) electrons. The molecule has 0 saturated carbocycles. The van der Waals surface area contributed by atoms with E-state index in [-0.39, 0.29) is 11.7 Å². The first kappa shape index (κ1) is 11.3. The predicted octanol–water partition coefficient (Wildman–Crippen LogP) is 3.96. The van der Waals surface area contributed by atoms with Crippen molar-refractivity contribution in [3.63, 3.8) is 0 Å². The second-order valence-electron chi connectivity index (χ2n) is 3.36. The predicted molar refractivity (Wildman–Crippen MR) is 59.9 cm³/mol. The number of hydrogen-bond acceptors (Lipinski definition) is 1. The van der Waals surface area contributed by atoms with Crippen LogP contribution in [0.2, 0.25) is 5.02 Å². The minimum Gasteiger partial charge on any atom is -0.294 e. The lowest BCUT2D eigenvalue weighted by Crippen LogP contribution is -2.13. The van der Waals surface area contributed by atoms with Gasteiger partial charge in [0.2, 0.25) is 0 Å². The molecule has 1 nitrogen and oxygen atoms in total. The molecule has 1 aromatic carbocycles. The second-order valence-corrected chi connectivity index (χ2v) is 3.76. The topological polar surface area (TPSA) is 17.1 Å². The molecular weight excluding hydrogens is 196 g/mol. The Labute approximate surface area is 90.1 Å². The minimum atomic E-state index is 0.106. The average Bonchev–Trinajstić information content (AvgIpc) is 2.20. The fraction of sp³-hybridized carbons (Fsp3) is 0.417. The molecule has 2 heteroatoms. The molecule has 14 heavy (non-hydrogen) atoms. The van der Waals surface area contributed by atoms with Crippen LogP contribution in [-0.4, -0.2) is 5.78 Å². The van der Waals surface area contributed by atoms with E-state index in [0.29, 0.717) is 10.6 Å². The largest absolute Gasteiger partial charge is 0.294 e. The van der Waals surface area contributed by atoms with Gasteiger partial charge in [0, 0.05) is 11.5 Å². The molecule has 0 aliphatic carbocycles. The van der Waals surface area contributed by atoms with Gasteiger partial charge in [0.25, 0.3) is 0 Å². The third-order valence-corrected chi connectivity index (χ3v) is 2.83. The van der Waals surface area contributed by atoms with Crippen LogP contribution in [0.4, 0.5) is 0 Å². The first-order chi connectivity index (χ1) is 6.70. The normalized spacial score (nSPS) is 10.6. The Hall–Kier alpha value is -0.820. The number of rotatable bonds is 4. The monoisotopic (exact) mass is 210 g/mol. The maximum atomic E-state index is 11.9. The Bertz CT molecular complexity index is 316. The third-order valence-electron chi connectivity index (χ3n) is 2.50. The molecule has 0 fully saturated rings. The summed E-state index contributed by atoms with van der Waals surface area (Å²) in [5.41, 5.74) is 0.655. The van der Waals surface area contributed by atoms with Gasteiger partial charge in [-0.3, -0.25) is 4.79 Å². The standard InChI is InChI=1S/C12H15ClO/c1-3-9(4-2)12(14)10-7-5-6-8-11(10)13/h5-9H,3-4H2,1-2H3. The Morgan fingerprint density at radius 2 is 1.86 bits per heavy atom. The van der Waals surface area contributed by atoms with Gasteiger partial charge in [-0.2, -0.15) is 0 Å². The molecule has 0 amide bonds. The van der Waals surface area contributed by atoms with E-state index >= 15 is 0 Å². The summed E-state index contributed by atoms with van der Waals surface area (Å²) in [5, 5.41) is 0.560. The van der Waals surface area contributed by atoms with Crippen molar-refractivity contribution in [2.45, 2.75) is 26.7 Å². The lowest BCUT2D eigenvalue weighted by atomic mass is 9.93. The lowest BCUT2D eigenvalue weighted by molar-refractivity contribution is 0.0913. The molecule has 0 aromatic heterocycles. The third kappa shape index (κ3) is 2.36. The van der Waals surface area contributed by atoms with E-state index < -0.39 is 0 Å². The van der Waals surface area contributed by atoms with Gasteiger partial charge in [0.05, 0.1) is 5.02 Å². The summed E-state index contributed by atoms with van der Waals surface area (Å²) >= 11 is 5.96. The van der Waals surface area contributed by atoms with Crippen molar-refractivity contribution in [1.29, 1.82) is 0 Å². The molecule has 0 N–H and O–H groups in total. The molecule has 1 rings (SSSR count). The highest BCUT2D eigenvalue weighted by Gasteiger charge is 2.17. The van der Waals surface area contributed by atoms with Crippen molar-refractivity contribution >= 4 is 17.4 Å². The zero-order valence-electron chi connectivity index (χ0n) is 8.59. The summed E-state index contributed by atoms with van der Waals surface area (Å²) in [6, 6.07) is 7.24. The van der Waals surface area contributed by atoms with Crippen LogP contribution in [0.5, 0.6) is 0 Å². The molecule has 0 bridgehead atoms. The highest BCUT2D eigenvalue weighted by atomic mass is 35.5. The van der Waals surface area contributed by atoms with E-state index in [1.165, 1.54) is 0 Å². The second kappa shape index (κ2) is 5.16. The van der Waals surface area contributed by atoms with Crippen molar-refractivity contribution in [1.82, 2.24) is 0 Å². The molecule has 1 aromatic rings. The lowest BCUT2D eigenvalue weighted by Gasteiger charge is -2.11. The Morgan fingerprint density at radius 3 is 2.36 bits per heavy atom. The first-order valence-electron chi connectivity index (χ1n) is 4.99. The van der Waals surface area contributed by atoms with Crippen molar-refractivity contribution < 1.29 is 4.79 Å². The number of carbonyl (C=O) groups excluding carboxylic acids is 1. The van der Waals surface area contributed by atoms with Gasteiger partial charge in [-0.1, -0.05) is 37.6 Å². The van der Waals surface area contributed by atoms with E-state index in [2.05, 4.69) is 0 Å². The fourth-order valence-corrected chi connectivity index (χ4v) is 1.77. The molecular formula is C12H15ClO. The zero-order valence-corrected chi connectivity index (χ0v) is 9.34. The van der Waals surface area contributed by atoms with E-state index in [9.17, 15) is 4.79 Å². The average molecular weight is 211 g/mol. The van der Waals surface area contributed by atoms with E-state index in [1.54, 1.807) is 12.1 Å². The van der Waals surface area contributed by atoms with Crippen molar-refractivity contribution in [3.05, 3.63) is 34.9 Å². The Morgan fingerprint density at radius 1 is 1.29 bits per heavy atom. The van der Waals surface area contributed by atoms with Gasteiger partial charge in [-0.25, -0.2) is 0 Å². The number of ketones is 1. The molecule has 0 spiro atoms. The van der Waals surface area contributed by atoms with Crippen molar-refractivity contribution in [2.75, 3.05) is 0 Å². The van der Waals surface area contributed by atoms with Crippen LogP contribution in [0.25, 0.3) is 0 Å². The van der Waals surface area contributed by atoms with E-state index in [4.69, 9.17) is 11.6 Å². The highest BCUT2D eigenvalue weighted by Crippen LogP contribution is 2.21. The molecule has 0 atom stereocenters. The number of Topliss-reactive ketones (excluding diaryl/α,β-unsaturated/α-hetero) is 1. The SMILES string of the molecule is CCC(CC)C(=O)c1ccccc1Cl. The summed E-state index contributed by atoms with van der Waals surface area (Å²) < 4.78 is 0. The number of hydrogen-bond donors (Lipinski definition) is 0. The van der Waals surface area contributed by atoms with Crippen LogP contribution < -0.4 is 0 Å². The summed E-state index contributed by atoms with van der Waals surface area (Å²) in [6.45, 7) is 4.06. The maximum Gasteiger partial charge on any atom is 0.167 e. The van der Waals surface area contributed by atoms with Gasteiger partial charge in [-0.15, -0.1) is 0 Å².